The highest BCUT2D eigenvalue weighted by Crippen LogP contribution is 2.42. The van der Waals surface area contributed by atoms with Crippen LogP contribution in [0.4, 0.5) is 0 Å². The molecule has 1 atom stereocenters. The van der Waals surface area contributed by atoms with Gasteiger partial charge in [0.2, 0.25) is 0 Å². The SMILES string of the molecule is NCCCC1CCC2(CCCCC2)O1. The zero-order valence-corrected chi connectivity index (χ0v) is 9.13. The molecule has 0 aromatic heterocycles. The predicted octanol–water partition coefficient (Wildman–Crippen LogP) is 2.61. The maximum absolute atomic E-state index is 6.24. The first kappa shape index (κ1) is 10.4. The Labute approximate surface area is 87.2 Å². The molecule has 1 aliphatic heterocycles. The van der Waals surface area contributed by atoms with Crippen LogP contribution in [0.3, 0.4) is 0 Å². The van der Waals surface area contributed by atoms with Gasteiger partial charge in [0, 0.05) is 0 Å². The van der Waals surface area contributed by atoms with Crippen molar-refractivity contribution in [1.82, 2.24) is 0 Å². The largest absolute Gasteiger partial charge is 0.372 e. The van der Waals surface area contributed by atoms with E-state index in [0.717, 1.165) is 13.0 Å². The second-order valence-corrected chi connectivity index (χ2v) is 4.95. The fraction of sp³-hybridized carbons (Fsp3) is 1.00. The standard InChI is InChI=1S/C12H23NO/c13-10-4-5-11-6-9-12(14-11)7-2-1-3-8-12/h11H,1-10,13H2. The first-order chi connectivity index (χ1) is 6.85. The van der Waals surface area contributed by atoms with Crippen molar-refractivity contribution in [3.8, 4) is 0 Å². The van der Waals surface area contributed by atoms with Crippen LogP contribution < -0.4 is 5.73 Å². The molecule has 0 bridgehead atoms. The smallest absolute Gasteiger partial charge is 0.0687 e. The van der Waals surface area contributed by atoms with E-state index >= 15 is 0 Å². The summed E-state index contributed by atoms with van der Waals surface area (Å²) in [5, 5.41) is 0. The fourth-order valence-electron chi connectivity index (χ4n) is 3.01. The summed E-state index contributed by atoms with van der Waals surface area (Å²) in [4.78, 5) is 0. The van der Waals surface area contributed by atoms with E-state index in [0.29, 0.717) is 11.7 Å². The molecular weight excluding hydrogens is 174 g/mol. The van der Waals surface area contributed by atoms with Gasteiger partial charge in [0.05, 0.1) is 11.7 Å². The summed E-state index contributed by atoms with van der Waals surface area (Å²) in [5.74, 6) is 0. The molecule has 2 aliphatic rings. The second-order valence-electron chi connectivity index (χ2n) is 4.95. The van der Waals surface area contributed by atoms with E-state index < -0.39 is 0 Å². The highest BCUT2D eigenvalue weighted by atomic mass is 16.5. The van der Waals surface area contributed by atoms with Crippen LogP contribution in [0.5, 0.6) is 0 Å². The van der Waals surface area contributed by atoms with Crippen molar-refractivity contribution >= 4 is 0 Å². The molecule has 1 saturated carbocycles. The first-order valence-electron chi connectivity index (χ1n) is 6.23. The van der Waals surface area contributed by atoms with Crippen molar-refractivity contribution < 1.29 is 4.74 Å². The summed E-state index contributed by atoms with van der Waals surface area (Å²) in [6, 6.07) is 0. The Balaban J connectivity index is 1.80. The van der Waals surface area contributed by atoms with Crippen molar-refractivity contribution in [2.24, 2.45) is 5.73 Å². The van der Waals surface area contributed by atoms with Crippen LogP contribution in [0.2, 0.25) is 0 Å². The summed E-state index contributed by atoms with van der Waals surface area (Å²) in [5.41, 5.74) is 5.82. The monoisotopic (exact) mass is 197 g/mol. The molecule has 0 aromatic rings. The first-order valence-corrected chi connectivity index (χ1v) is 6.23. The topological polar surface area (TPSA) is 35.2 Å². The van der Waals surface area contributed by atoms with Gasteiger partial charge in [-0.25, -0.2) is 0 Å². The fourth-order valence-corrected chi connectivity index (χ4v) is 3.01. The van der Waals surface area contributed by atoms with E-state index in [4.69, 9.17) is 10.5 Å². The van der Waals surface area contributed by atoms with E-state index in [1.165, 1.54) is 51.4 Å². The zero-order valence-electron chi connectivity index (χ0n) is 9.13. The normalized spacial score (nSPS) is 31.1. The van der Waals surface area contributed by atoms with Gasteiger partial charge < -0.3 is 10.5 Å². The van der Waals surface area contributed by atoms with E-state index in [-0.39, 0.29) is 0 Å². The molecule has 1 heterocycles. The summed E-state index contributed by atoms with van der Waals surface area (Å²) in [6.45, 7) is 0.812. The molecular formula is C12H23NO. The predicted molar refractivity (Wildman–Crippen MR) is 58.2 cm³/mol. The van der Waals surface area contributed by atoms with E-state index in [1.54, 1.807) is 0 Å². The van der Waals surface area contributed by atoms with Crippen molar-refractivity contribution in [1.29, 1.82) is 0 Å². The molecule has 2 heteroatoms. The van der Waals surface area contributed by atoms with Crippen molar-refractivity contribution in [2.75, 3.05) is 6.54 Å². The highest BCUT2D eigenvalue weighted by Gasteiger charge is 2.40. The third-order valence-electron chi connectivity index (χ3n) is 3.83. The second kappa shape index (κ2) is 4.63. The molecule has 2 fully saturated rings. The Morgan fingerprint density at radius 3 is 2.64 bits per heavy atom. The van der Waals surface area contributed by atoms with Gasteiger partial charge in [-0.1, -0.05) is 19.3 Å². The maximum atomic E-state index is 6.24. The average Bonchev–Trinajstić information content (AvgIpc) is 2.60. The van der Waals surface area contributed by atoms with E-state index in [1.807, 2.05) is 0 Å². The quantitative estimate of drug-likeness (QED) is 0.754. The van der Waals surface area contributed by atoms with Crippen LogP contribution in [-0.4, -0.2) is 18.2 Å². The third kappa shape index (κ3) is 2.29. The van der Waals surface area contributed by atoms with Crippen molar-refractivity contribution in [2.45, 2.75) is 69.5 Å². The average molecular weight is 197 g/mol. The van der Waals surface area contributed by atoms with Crippen LogP contribution in [-0.2, 0) is 4.74 Å². The van der Waals surface area contributed by atoms with E-state index in [9.17, 15) is 0 Å². The Kier molecular flexibility index (Phi) is 3.45. The van der Waals surface area contributed by atoms with Crippen LogP contribution >= 0.6 is 0 Å². The summed E-state index contributed by atoms with van der Waals surface area (Å²) < 4.78 is 6.24. The molecule has 0 amide bonds. The lowest BCUT2D eigenvalue weighted by molar-refractivity contribution is -0.0657. The molecule has 2 nitrogen and oxygen atoms in total. The van der Waals surface area contributed by atoms with Crippen LogP contribution in [0.25, 0.3) is 0 Å². The molecule has 1 spiro atoms. The lowest BCUT2D eigenvalue weighted by Crippen LogP contribution is -2.31. The molecule has 1 unspecified atom stereocenters. The van der Waals surface area contributed by atoms with Gasteiger partial charge in [0.1, 0.15) is 0 Å². The maximum Gasteiger partial charge on any atom is 0.0687 e. The lowest BCUT2D eigenvalue weighted by atomic mass is 9.83. The summed E-state index contributed by atoms with van der Waals surface area (Å²) >= 11 is 0. The van der Waals surface area contributed by atoms with Gasteiger partial charge in [-0.05, 0) is 45.1 Å². The summed E-state index contributed by atoms with van der Waals surface area (Å²) in [6.07, 6.45) is 12.2. The van der Waals surface area contributed by atoms with Gasteiger partial charge in [0.15, 0.2) is 0 Å². The third-order valence-corrected chi connectivity index (χ3v) is 3.83. The molecule has 1 saturated heterocycles. The molecule has 0 radical (unpaired) electrons. The number of nitrogens with two attached hydrogens (primary N) is 1. The number of ether oxygens (including phenoxy) is 1. The molecule has 0 aromatic carbocycles. The minimum Gasteiger partial charge on any atom is -0.372 e. The van der Waals surface area contributed by atoms with Gasteiger partial charge in [-0.3, -0.25) is 0 Å². The zero-order chi connectivity index (χ0) is 9.86. The Morgan fingerprint density at radius 1 is 1.14 bits per heavy atom. The Morgan fingerprint density at radius 2 is 1.93 bits per heavy atom. The Hall–Kier alpha value is -0.0800. The van der Waals surface area contributed by atoms with Crippen molar-refractivity contribution in [3.63, 3.8) is 0 Å². The van der Waals surface area contributed by atoms with Crippen molar-refractivity contribution in [3.05, 3.63) is 0 Å². The van der Waals surface area contributed by atoms with Crippen LogP contribution in [0.15, 0.2) is 0 Å². The molecule has 82 valence electrons. The van der Waals surface area contributed by atoms with Gasteiger partial charge in [-0.15, -0.1) is 0 Å². The van der Waals surface area contributed by atoms with E-state index in [2.05, 4.69) is 0 Å². The molecule has 1 aliphatic carbocycles. The van der Waals surface area contributed by atoms with Gasteiger partial charge in [-0.2, -0.15) is 0 Å². The number of hydrogen-bond acceptors (Lipinski definition) is 2. The number of hydrogen-bond donors (Lipinski definition) is 1. The molecule has 2 N–H and O–H groups in total. The lowest BCUT2D eigenvalue weighted by Gasteiger charge is -2.33. The number of rotatable bonds is 3. The minimum atomic E-state index is 0.303. The van der Waals surface area contributed by atoms with Crippen LogP contribution in [0.1, 0.15) is 57.8 Å². The molecule has 2 rings (SSSR count). The van der Waals surface area contributed by atoms with Crippen LogP contribution in [0, 0.1) is 0 Å². The minimum absolute atomic E-state index is 0.303. The van der Waals surface area contributed by atoms with Gasteiger partial charge >= 0.3 is 0 Å². The Bertz CT molecular complexity index is 175. The summed E-state index contributed by atoms with van der Waals surface area (Å²) in [7, 11) is 0. The highest BCUT2D eigenvalue weighted by molar-refractivity contribution is 4.91. The molecule has 14 heavy (non-hydrogen) atoms. The van der Waals surface area contributed by atoms with Gasteiger partial charge in [0.25, 0.3) is 0 Å².